The number of nitrogens with one attached hydrogen (secondary N) is 1. The molecule has 0 spiro atoms. The van der Waals surface area contributed by atoms with Gasteiger partial charge in [-0.05, 0) is 62.4 Å². The van der Waals surface area contributed by atoms with Gasteiger partial charge in [-0.15, -0.1) is 0 Å². The molecule has 2 aromatic carbocycles. The number of benzene rings is 2. The first-order valence-electron chi connectivity index (χ1n) is 12.4. The van der Waals surface area contributed by atoms with E-state index in [0.717, 1.165) is 44.0 Å². The van der Waals surface area contributed by atoms with Gasteiger partial charge in [0.1, 0.15) is 6.54 Å². The van der Waals surface area contributed by atoms with Gasteiger partial charge in [0.05, 0.1) is 0 Å². The summed E-state index contributed by atoms with van der Waals surface area (Å²) >= 11 is 0. The van der Waals surface area contributed by atoms with E-state index in [1.165, 1.54) is 18.4 Å². The summed E-state index contributed by atoms with van der Waals surface area (Å²) in [7, 11) is 0. The zero-order chi connectivity index (χ0) is 28.0. The fourth-order valence-corrected chi connectivity index (χ4v) is 4.17. The molecule has 0 atom stereocenters. The fraction of sp³-hybridized carbons (Fsp3) is 0.444. The largest absolute Gasteiger partial charge is 0.490 e. The van der Waals surface area contributed by atoms with Gasteiger partial charge in [0, 0.05) is 13.1 Å². The fourth-order valence-electron chi connectivity index (χ4n) is 4.17. The minimum absolute atomic E-state index is 0.326. The molecule has 11 heteroatoms. The molecule has 2 amide bonds. The van der Waals surface area contributed by atoms with E-state index in [2.05, 4.69) is 40.5 Å². The summed E-state index contributed by atoms with van der Waals surface area (Å²) in [6, 6.07) is 20.2. The first-order chi connectivity index (χ1) is 18.0. The topological polar surface area (TPSA) is 110 Å². The molecule has 0 saturated carbocycles. The van der Waals surface area contributed by atoms with Gasteiger partial charge in [-0.1, -0.05) is 60.7 Å². The van der Waals surface area contributed by atoms with E-state index < -0.39 is 18.1 Å². The van der Waals surface area contributed by atoms with E-state index >= 15 is 0 Å². The molecule has 2 aromatic rings. The van der Waals surface area contributed by atoms with Crippen LogP contribution in [0.25, 0.3) is 0 Å². The van der Waals surface area contributed by atoms with Gasteiger partial charge in [-0.2, -0.15) is 13.2 Å². The zero-order valence-electron chi connectivity index (χ0n) is 21.1. The lowest BCUT2D eigenvalue weighted by molar-refractivity contribution is -0.192. The second kappa shape index (κ2) is 15.6. The van der Waals surface area contributed by atoms with Crippen molar-refractivity contribution in [2.24, 2.45) is 5.92 Å². The Morgan fingerprint density at radius 3 is 1.95 bits per heavy atom. The molecule has 0 unspecified atom stereocenters. The molecule has 1 saturated heterocycles. The molecular formula is C27H34F3N3O5. The normalized spacial score (nSPS) is 14.2. The number of aliphatic carboxylic acids is 2. The van der Waals surface area contributed by atoms with E-state index in [-0.39, 0.29) is 12.6 Å². The number of carboxylic acids is 2. The van der Waals surface area contributed by atoms with Gasteiger partial charge in [0.15, 0.2) is 0 Å². The van der Waals surface area contributed by atoms with Crippen molar-refractivity contribution in [3.63, 3.8) is 0 Å². The minimum atomic E-state index is -5.08. The molecule has 0 aromatic heterocycles. The summed E-state index contributed by atoms with van der Waals surface area (Å²) in [6.07, 6.45) is -0.636. The number of nitrogens with zero attached hydrogens (tertiary/aromatic N) is 2. The van der Waals surface area contributed by atoms with E-state index in [9.17, 15) is 22.8 Å². The SMILES string of the molecule is O=C(O)C(F)(F)F.O=C(O)CNC(=O)N(CCCN1CCC(Cc2ccccc2)CC1)Cc1ccccc1. The van der Waals surface area contributed by atoms with Crippen molar-refractivity contribution >= 4 is 18.0 Å². The van der Waals surface area contributed by atoms with Gasteiger partial charge in [-0.3, -0.25) is 4.79 Å². The summed E-state index contributed by atoms with van der Waals surface area (Å²) in [4.78, 5) is 36.4. The quantitative estimate of drug-likeness (QED) is 0.418. The second-order valence-corrected chi connectivity index (χ2v) is 9.09. The number of likely N-dealkylation sites (tertiary alicyclic amines) is 1. The Bertz CT molecular complexity index is 998. The molecule has 3 N–H and O–H groups in total. The summed E-state index contributed by atoms with van der Waals surface area (Å²) < 4.78 is 31.7. The van der Waals surface area contributed by atoms with Crippen LogP contribution in [0.15, 0.2) is 60.7 Å². The molecule has 0 bridgehead atoms. The van der Waals surface area contributed by atoms with Crippen molar-refractivity contribution in [2.45, 2.75) is 38.4 Å². The third kappa shape index (κ3) is 12.1. The monoisotopic (exact) mass is 537 g/mol. The summed E-state index contributed by atoms with van der Waals surface area (Å²) in [5.41, 5.74) is 2.46. The standard InChI is InChI=1S/C25H33N3O3.C2HF3O2/c29-24(30)19-26-25(31)28(20-23-10-5-2-6-11-23)15-7-14-27-16-12-22(13-17-27)18-21-8-3-1-4-9-21;3-2(4,5)1(6)7/h1-6,8-11,22H,7,12-20H2,(H,26,31)(H,29,30);(H,6,7). The number of amides is 2. The number of carbonyl (C=O) groups excluding carboxylic acids is 1. The van der Waals surface area contributed by atoms with Crippen LogP contribution in [0.5, 0.6) is 0 Å². The number of hydrogen-bond acceptors (Lipinski definition) is 4. The zero-order valence-corrected chi connectivity index (χ0v) is 21.1. The Morgan fingerprint density at radius 2 is 1.45 bits per heavy atom. The number of alkyl halides is 3. The van der Waals surface area contributed by atoms with Gasteiger partial charge in [0.2, 0.25) is 0 Å². The van der Waals surface area contributed by atoms with Crippen LogP contribution in [0.3, 0.4) is 0 Å². The number of rotatable bonds is 10. The highest BCUT2D eigenvalue weighted by molar-refractivity contribution is 5.79. The smallest absolute Gasteiger partial charge is 0.480 e. The molecule has 38 heavy (non-hydrogen) atoms. The Labute approximate surface area is 220 Å². The van der Waals surface area contributed by atoms with Gasteiger partial charge in [-0.25, -0.2) is 9.59 Å². The Morgan fingerprint density at radius 1 is 0.921 bits per heavy atom. The van der Waals surface area contributed by atoms with Crippen LogP contribution >= 0.6 is 0 Å². The maximum atomic E-state index is 12.5. The molecule has 1 fully saturated rings. The minimum Gasteiger partial charge on any atom is -0.480 e. The summed E-state index contributed by atoms with van der Waals surface area (Å²) in [5, 5.41) is 18.5. The van der Waals surface area contributed by atoms with E-state index in [0.29, 0.717) is 13.1 Å². The number of carboxylic acid groups (broad SMARTS) is 2. The first kappa shape index (κ1) is 30.6. The van der Waals surface area contributed by atoms with E-state index in [4.69, 9.17) is 15.0 Å². The highest BCUT2D eigenvalue weighted by Crippen LogP contribution is 2.22. The van der Waals surface area contributed by atoms with Crippen LogP contribution in [0.4, 0.5) is 18.0 Å². The van der Waals surface area contributed by atoms with Crippen LogP contribution in [0.1, 0.15) is 30.4 Å². The average Bonchev–Trinajstić information content (AvgIpc) is 2.88. The predicted molar refractivity (Wildman–Crippen MR) is 136 cm³/mol. The molecule has 0 aliphatic carbocycles. The number of carbonyl (C=O) groups is 3. The highest BCUT2D eigenvalue weighted by Gasteiger charge is 2.38. The number of hydrogen-bond donors (Lipinski definition) is 3. The molecule has 0 radical (unpaired) electrons. The van der Waals surface area contributed by atoms with E-state index in [1.54, 1.807) is 4.90 Å². The van der Waals surface area contributed by atoms with Crippen LogP contribution in [-0.4, -0.2) is 76.9 Å². The Hall–Kier alpha value is -3.60. The van der Waals surface area contributed by atoms with Crippen LogP contribution in [0, 0.1) is 5.92 Å². The van der Waals surface area contributed by atoms with Crippen molar-refractivity contribution in [3.8, 4) is 0 Å². The van der Waals surface area contributed by atoms with Gasteiger partial charge in [0.25, 0.3) is 0 Å². The molecule has 208 valence electrons. The summed E-state index contributed by atoms with van der Waals surface area (Å²) in [5.74, 6) is -3.05. The molecule has 1 aliphatic heterocycles. The van der Waals surface area contributed by atoms with Crippen molar-refractivity contribution in [3.05, 3.63) is 71.8 Å². The third-order valence-corrected chi connectivity index (χ3v) is 6.11. The third-order valence-electron chi connectivity index (χ3n) is 6.11. The average molecular weight is 538 g/mol. The maximum Gasteiger partial charge on any atom is 0.490 e. The number of urea groups is 1. The first-order valence-corrected chi connectivity index (χ1v) is 12.4. The lowest BCUT2D eigenvalue weighted by Gasteiger charge is -2.32. The Kier molecular flexibility index (Phi) is 12.6. The van der Waals surface area contributed by atoms with E-state index in [1.807, 2.05) is 30.3 Å². The molecular weight excluding hydrogens is 503 g/mol. The van der Waals surface area contributed by atoms with Gasteiger partial charge >= 0.3 is 24.1 Å². The predicted octanol–water partition coefficient (Wildman–Crippen LogP) is 4.26. The maximum absolute atomic E-state index is 12.5. The molecule has 3 rings (SSSR count). The Balaban J connectivity index is 0.000000638. The van der Waals surface area contributed by atoms with Crippen LogP contribution in [0.2, 0.25) is 0 Å². The van der Waals surface area contributed by atoms with Crippen LogP contribution in [-0.2, 0) is 22.6 Å². The number of halogens is 3. The lowest BCUT2D eigenvalue weighted by Crippen LogP contribution is -2.43. The number of piperidine rings is 1. The van der Waals surface area contributed by atoms with Crippen molar-refractivity contribution in [1.29, 1.82) is 0 Å². The van der Waals surface area contributed by atoms with Crippen molar-refractivity contribution in [1.82, 2.24) is 15.1 Å². The highest BCUT2D eigenvalue weighted by atomic mass is 19.4. The van der Waals surface area contributed by atoms with Crippen LogP contribution < -0.4 is 5.32 Å². The second-order valence-electron chi connectivity index (χ2n) is 9.09. The molecule has 1 heterocycles. The molecule has 8 nitrogen and oxygen atoms in total. The van der Waals surface area contributed by atoms with Crippen molar-refractivity contribution in [2.75, 3.05) is 32.7 Å². The van der Waals surface area contributed by atoms with Gasteiger partial charge < -0.3 is 25.3 Å². The summed E-state index contributed by atoms with van der Waals surface area (Å²) in [6.45, 7) is 3.87. The van der Waals surface area contributed by atoms with Crippen molar-refractivity contribution < 1.29 is 37.8 Å². The lowest BCUT2D eigenvalue weighted by atomic mass is 9.90. The molecule has 1 aliphatic rings.